The van der Waals surface area contributed by atoms with Crippen molar-refractivity contribution in [2.24, 2.45) is 5.10 Å². The van der Waals surface area contributed by atoms with Crippen LogP contribution in [0.1, 0.15) is 16.7 Å². The van der Waals surface area contributed by atoms with Gasteiger partial charge in [0.2, 0.25) is 0 Å². The topological polar surface area (TPSA) is 97.3 Å². The normalized spacial score (nSPS) is 11.3. The van der Waals surface area contributed by atoms with Crippen LogP contribution in [0.5, 0.6) is 11.5 Å². The van der Waals surface area contributed by atoms with E-state index in [2.05, 4.69) is 10.5 Å². The van der Waals surface area contributed by atoms with E-state index in [9.17, 15) is 13.2 Å². The molecule has 4 aromatic rings. The summed E-state index contributed by atoms with van der Waals surface area (Å²) >= 11 is 6.26. The van der Waals surface area contributed by atoms with Crippen molar-refractivity contribution < 1.29 is 22.7 Å². The molecule has 0 aliphatic rings. The molecule has 0 aliphatic carbocycles. The van der Waals surface area contributed by atoms with Gasteiger partial charge in [-0.25, -0.2) is 13.8 Å². The molecule has 206 valence electrons. The molecule has 0 aromatic heterocycles. The van der Waals surface area contributed by atoms with Crippen LogP contribution >= 0.6 is 11.6 Å². The number of ether oxygens (including phenoxy) is 2. The van der Waals surface area contributed by atoms with Crippen LogP contribution in [0.15, 0.2) is 107 Å². The highest BCUT2D eigenvalue weighted by atomic mass is 35.5. The van der Waals surface area contributed by atoms with E-state index >= 15 is 0 Å². The molecular formula is C30H28ClN3O5S. The summed E-state index contributed by atoms with van der Waals surface area (Å²) in [4.78, 5) is 12.9. The molecule has 4 rings (SSSR count). The highest BCUT2D eigenvalue weighted by Crippen LogP contribution is 2.29. The van der Waals surface area contributed by atoms with Crippen LogP contribution in [0.4, 0.5) is 5.69 Å². The number of aryl methyl sites for hydroxylation is 1. The van der Waals surface area contributed by atoms with Crippen LogP contribution in [0, 0.1) is 6.92 Å². The van der Waals surface area contributed by atoms with Gasteiger partial charge in [0.05, 0.1) is 23.9 Å². The van der Waals surface area contributed by atoms with Crippen molar-refractivity contribution in [1.29, 1.82) is 0 Å². The minimum Gasteiger partial charge on any atom is -0.493 e. The third kappa shape index (κ3) is 7.19. The van der Waals surface area contributed by atoms with Crippen LogP contribution in [0.2, 0.25) is 5.02 Å². The van der Waals surface area contributed by atoms with Gasteiger partial charge in [-0.3, -0.25) is 9.10 Å². The standard InChI is InChI=1S/C30H28ClN3O5S/c1-22-13-15-25(18-27(22)31)34(40(36,37)26-11-7-4-8-12-26)20-30(35)33-32-19-24-14-16-28(29(17-24)38-2)39-21-23-9-5-3-6-10-23/h3-19H,20-21H2,1-2H3,(H,33,35)/b32-19-. The number of sulfonamides is 1. The number of halogens is 1. The Morgan fingerprint density at radius 1 is 0.950 bits per heavy atom. The van der Waals surface area contributed by atoms with Crippen LogP contribution in [-0.4, -0.2) is 34.2 Å². The van der Waals surface area contributed by atoms with Crippen molar-refractivity contribution >= 4 is 39.4 Å². The van der Waals surface area contributed by atoms with E-state index < -0.39 is 22.5 Å². The number of methoxy groups -OCH3 is 1. The maximum absolute atomic E-state index is 13.4. The quantitative estimate of drug-likeness (QED) is 0.185. The maximum Gasteiger partial charge on any atom is 0.264 e. The van der Waals surface area contributed by atoms with E-state index in [0.29, 0.717) is 28.7 Å². The van der Waals surface area contributed by atoms with Gasteiger partial charge in [-0.1, -0.05) is 66.2 Å². The average molecular weight is 578 g/mol. The van der Waals surface area contributed by atoms with Gasteiger partial charge in [-0.2, -0.15) is 5.10 Å². The summed E-state index contributed by atoms with van der Waals surface area (Å²) in [5.41, 5.74) is 5.10. The molecule has 0 heterocycles. The zero-order valence-electron chi connectivity index (χ0n) is 22.0. The SMILES string of the molecule is COc1cc(/C=N\NC(=O)CN(c2ccc(C)c(Cl)c2)S(=O)(=O)c2ccccc2)ccc1OCc1ccccc1. The summed E-state index contributed by atoms with van der Waals surface area (Å²) in [5.74, 6) is 0.427. The molecule has 0 bridgehead atoms. The Labute approximate surface area is 238 Å². The Hall–Kier alpha value is -4.34. The summed E-state index contributed by atoms with van der Waals surface area (Å²) in [6.07, 6.45) is 1.43. The van der Waals surface area contributed by atoms with Crippen LogP contribution in [0.25, 0.3) is 0 Å². The van der Waals surface area contributed by atoms with Gasteiger partial charge in [-0.05, 0) is 66.1 Å². The van der Waals surface area contributed by atoms with Gasteiger partial charge in [0.1, 0.15) is 13.2 Å². The number of benzene rings is 4. The van der Waals surface area contributed by atoms with E-state index in [-0.39, 0.29) is 10.6 Å². The summed E-state index contributed by atoms with van der Waals surface area (Å²) in [5, 5.41) is 4.39. The van der Waals surface area contributed by atoms with Crippen LogP contribution in [0.3, 0.4) is 0 Å². The predicted molar refractivity (Wildman–Crippen MR) is 157 cm³/mol. The van der Waals surface area contributed by atoms with Crippen molar-refractivity contribution in [3.8, 4) is 11.5 Å². The first-order valence-electron chi connectivity index (χ1n) is 12.3. The Bertz CT molecular complexity index is 1600. The largest absolute Gasteiger partial charge is 0.493 e. The van der Waals surface area contributed by atoms with Crippen molar-refractivity contribution in [3.63, 3.8) is 0 Å². The number of hydrogen-bond acceptors (Lipinski definition) is 6. The predicted octanol–water partition coefficient (Wildman–Crippen LogP) is 5.58. The number of anilines is 1. The number of nitrogens with one attached hydrogen (secondary N) is 1. The molecule has 1 amide bonds. The molecule has 0 saturated carbocycles. The first-order valence-corrected chi connectivity index (χ1v) is 14.1. The fourth-order valence-electron chi connectivity index (χ4n) is 3.74. The molecule has 0 fully saturated rings. The van der Waals surface area contributed by atoms with E-state index in [1.54, 1.807) is 55.5 Å². The number of rotatable bonds is 11. The second kappa shape index (κ2) is 13.1. The number of carbonyl (C=O) groups is 1. The minimum absolute atomic E-state index is 0.0460. The third-order valence-corrected chi connectivity index (χ3v) is 8.08. The van der Waals surface area contributed by atoms with Crippen molar-refractivity contribution in [3.05, 3.63) is 119 Å². The molecular weight excluding hydrogens is 550 g/mol. The summed E-state index contributed by atoms with van der Waals surface area (Å²) < 4.78 is 39.2. The molecule has 0 radical (unpaired) electrons. The molecule has 4 aromatic carbocycles. The first-order chi connectivity index (χ1) is 19.3. The lowest BCUT2D eigenvalue weighted by molar-refractivity contribution is -0.119. The first kappa shape index (κ1) is 28.7. The molecule has 0 saturated heterocycles. The van der Waals surface area contributed by atoms with Gasteiger partial charge in [0, 0.05) is 5.02 Å². The molecule has 1 N–H and O–H groups in total. The van der Waals surface area contributed by atoms with Crippen LogP contribution in [-0.2, 0) is 21.4 Å². The summed E-state index contributed by atoms with van der Waals surface area (Å²) in [6.45, 7) is 1.68. The smallest absolute Gasteiger partial charge is 0.264 e. The molecule has 10 heteroatoms. The molecule has 0 spiro atoms. The van der Waals surface area contributed by atoms with E-state index in [1.165, 1.54) is 31.5 Å². The molecule has 40 heavy (non-hydrogen) atoms. The highest BCUT2D eigenvalue weighted by molar-refractivity contribution is 7.92. The molecule has 8 nitrogen and oxygen atoms in total. The lowest BCUT2D eigenvalue weighted by atomic mass is 10.2. The van der Waals surface area contributed by atoms with Crippen molar-refractivity contribution in [2.45, 2.75) is 18.4 Å². The second-order valence-electron chi connectivity index (χ2n) is 8.74. The fraction of sp³-hybridized carbons (Fsp3) is 0.133. The summed E-state index contributed by atoms with van der Waals surface area (Å²) in [7, 11) is -2.53. The van der Waals surface area contributed by atoms with Gasteiger partial charge in [-0.15, -0.1) is 0 Å². The van der Waals surface area contributed by atoms with Crippen molar-refractivity contribution in [1.82, 2.24) is 5.43 Å². The number of amides is 1. The Morgan fingerprint density at radius 2 is 1.65 bits per heavy atom. The summed E-state index contributed by atoms with van der Waals surface area (Å²) in [6, 6.07) is 27.7. The van der Waals surface area contributed by atoms with Gasteiger partial charge in [0.15, 0.2) is 11.5 Å². The van der Waals surface area contributed by atoms with Gasteiger partial charge < -0.3 is 9.47 Å². The Kier molecular flexibility index (Phi) is 9.42. The number of carbonyl (C=O) groups excluding carboxylic acids is 1. The Balaban J connectivity index is 1.47. The van der Waals surface area contributed by atoms with E-state index in [1.807, 2.05) is 30.3 Å². The van der Waals surface area contributed by atoms with Gasteiger partial charge in [0.25, 0.3) is 15.9 Å². The fourth-order valence-corrected chi connectivity index (χ4v) is 5.34. The average Bonchev–Trinajstić information content (AvgIpc) is 2.97. The maximum atomic E-state index is 13.4. The minimum atomic E-state index is -4.06. The molecule has 0 aliphatic heterocycles. The second-order valence-corrected chi connectivity index (χ2v) is 11.0. The Morgan fingerprint density at radius 3 is 2.33 bits per heavy atom. The van der Waals surface area contributed by atoms with Crippen molar-refractivity contribution in [2.75, 3.05) is 18.0 Å². The zero-order valence-corrected chi connectivity index (χ0v) is 23.5. The molecule has 0 unspecified atom stereocenters. The highest BCUT2D eigenvalue weighted by Gasteiger charge is 2.27. The lowest BCUT2D eigenvalue weighted by Gasteiger charge is -2.24. The molecule has 0 atom stereocenters. The number of nitrogens with zero attached hydrogens (tertiary/aromatic N) is 2. The zero-order chi connectivity index (χ0) is 28.5. The monoisotopic (exact) mass is 577 g/mol. The number of hydrazone groups is 1. The third-order valence-electron chi connectivity index (χ3n) is 5.89. The van der Waals surface area contributed by atoms with Gasteiger partial charge >= 0.3 is 0 Å². The van der Waals surface area contributed by atoms with E-state index in [0.717, 1.165) is 15.4 Å². The van der Waals surface area contributed by atoms with Crippen LogP contribution < -0.4 is 19.2 Å². The van der Waals surface area contributed by atoms with E-state index in [4.69, 9.17) is 21.1 Å². The number of hydrogen-bond donors (Lipinski definition) is 1. The lowest BCUT2D eigenvalue weighted by Crippen LogP contribution is -2.39.